The van der Waals surface area contributed by atoms with E-state index >= 15 is 0 Å². The summed E-state index contributed by atoms with van der Waals surface area (Å²) in [5.41, 5.74) is 1.76. The molecule has 0 bridgehead atoms. The number of benzene rings is 2. The number of sulfonamides is 1. The van der Waals surface area contributed by atoms with E-state index in [9.17, 15) is 8.42 Å². The summed E-state index contributed by atoms with van der Waals surface area (Å²) in [5.74, 6) is 1.60. The molecule has 2 aromatic carbocycles. The number of fused-ring (bicyclic) bond motifs is 1. The van der Waals surface area contributed by atoms with Crippen LogP contribution in [0, 0.1) is 0 Å². The molecule has 7 nitrogen and oxygen atoms in total. The first-order valence-electron chi connectivity index (χ1n) is 10.1. The quantitative estimate of drug-likeness (QED) is 0.484. The van der Waals surface area contributed by atoms with Gasteiger partial charge >= 0.3 is 0 Å². The molecule has 1 aliphatic rings. The normalized spacial score (nSPS) is 18.3. The smallest absolute Gasteiger partial charge is 0.240 e. The topological polar surface area (TPSA) is 91.8 Å². The van der Waals surface area contributed by atoms with Crippen molar-refractivity contribution >= 4 is 16.0 Å². The van der Waals surface area contributed by atoms with Crippen molar-refractivity contribution in [2.75, 3.05) is 13.6 Å². The predicted molar refractivity (Wildman–Crippen MR) is 119 cm³/mol. The predicted octanol–water partition coefficient (Wildman–Crippen LogP) is 2.95. The highest BCUT2D eigenvalue weighted by atomic mass is 32.2. The van der Waals surface area contributed by atoms with Crippen molar-refractivity contribution in [3.05, 3.63) is 59.7 Å². The van der Waals surface area contributed by atoms with Crippen LogP contribution < -0.4 is 20.1 Å². The number of aliphatic imine (C=N–C) groups is 1. The minimum atomic E-state index is -3.44. The second kappa shape index (κ2) is 9.06. The van der Waals surface area contributed by atoms with E-state index < -0.39 is 10.0 Å². The highest BCUT2D eigenvalue weighted by Gasteiger charge is 2.33. The third-order valence-electron chi connectivity index (χ3n) is 4.95. The fourth-order valence-electron chi connectivity index (χ4n) is 3.48. The zero-order chi connectivity index (χ0) is 21.8. The van der Waals surface area contributed by atoms with E-state index in [0.29, 0.717) is 12.5 Å². The summed E-state index contributed by atoms with van der Waals surface area (Å²) >= 11 is 0. The Kier molecular flexibility index (Phi) is 6.67. The van der Waals surface area contributed by atoms with Gasteiger partial charge in [0.25, 0.3) is 0 Å². The SMILES string of the molecule is CCNC(=NCc1ccc(S(=O)(=O)NC)cc1)NC1CC(C)(C)Oc2ccccc21. The molecular weight excluding hydrogens is 400 g/mol. The van der Waals surface area contributed by atoms with Gasteiger partial charge in [-0.15, -0.1) is 0 Å². The van der Waals surface area contributed by atoms with Gasteiger partial charge in [-0.2, -0.15) is 0 Å². The molecule has 0 saturated heterocycles. The van der Waals surface area contributed by atoms with Crippen molar-refractivity contribution in [3.8, 4) is 5.75 Å². The van der Waals surface area contributed by atoms with Crippen LogP contribution in [-0.2, 0) is 16.6 Å². The minimum Gasteiger partial charge on any atom is -0.487 e. The zero-order valence-corrected chi connectivity index (χ0v) is 18.7. The zero-order valence-electron chi connectivity index (χ0n) is 17.9. The van der Waals surface area contributed by atoms with E-state index in [2.05, 4.69) is 35.3 Å². The first-order valence-corrected chi connectivity index (χ1v) is 11.6. The van der Waals surface area contributed by atoms with Crippen molar-refractivity contribution in [2.45, 2.75) is 50.3 Å². The van der Waals surface area contributed by atoms with Gasteiger partial charge in [0.05, 0.1) is 17.5 Å². The van der Waals surface area contributed by atoms with Crippen LogP contribution in [0.4, 0.5) is 0 Å². The molecule has 0 fully saturated rings. The number of hydrogen-bond acceptors (Lipinski definition) is 4. The number of para-hydroxylation sites is 1. The van der Waals surface area contributed by atoms with Crippen LogP contribution in [0.15, 0.2) is 58.4 Å². The van der Waals surface area contributed by atoms with E-state index in [1.165, 1.54) is 7.05 Å². The Labute approximate surface area is 179 Å². The van der Waals surface area contributed by atoms with E-state index in [-0.39, 0.29) is 16.5 Å². The van der Waals surface area contributed by atoms with Crippen LogP contribution >= 0.6 is 0 Å². The van der Waals surface area contributed by atoms with Gasteiger partial charge in [-0.1, -0.05) is 30.3 Å². The molecule has 30 heavy (non-hydrogen) atoms. The molecule has 162 valence electrons. The molecule has 0 radical (unpaired) electrons. The van der Waals surface area contributed by atoms with Gasteiger partial charge in [0.2, 0.25) is 10.0 Å². The Morgan fingerprint density at radius 1 is 1.17 bits per heavy atom. The Hall–Kier alpha value is -2.58. The average Bonchev–Trinajstić information content (AvgIpc) is 2.71. The molecule has 8 heteroatoms. The lowest BCUT2D eigenvalue weighted by Crippen LogP contribution is -2.45. The summed E-state index contributed by atoms with van der Waals surface area (Å²) in [5, 5.41) is 6.83. The van der Waals surface area contributed by atoms with Crippen LogP contribution in [0.25, 0.3) is 0 Å². The summed E-state index contributed by atoms with van der Waals surface area (Å²) in [6, 6.07) is 14.9. The molecule has 2 aromatic rings. The Morgan fingerprint density at radius 3 is 2.53 bits per heavy atom. The van der Waals surface area contributed by atoms with Crippen LogP contribution in [0.1, 0.15) is 44.4 Å². The first-order chi connectivity index (χ1) is 14.2. The van der Waals surface area contributed by atoms with Crippen molar-refractivity contribution in [3.63, 3.8) is 0 Å². The van der Waals surface area contributed by atoms with E-state index in [0.717, 1.165) is 29.8 Å². The van der Waals surface area contributed by atoms with Crippen molar-refractivity contribution in [2.24, 2.45) is 4.99 Å². The average molecular weight is 431 g/mol. The molecule has 3 N–H and O–H groups in total. The van der Waals surface area contributed by atoms with Gasteiger partial charge in [0, 0.05) is 18.5 Å². The Balaban J connectivity index is 1.77. The molecule has 0 saturated carbocycles. The molecule has 3 rings (SSSR count). The first kappa shape index (κ1) is 22.1. The fourth-order valence-corrected chi connectivity index (χ4v) is 4.21. The molecular formula is C22H30N4O3S. The standard InChI is InChI=1S/C22H30N4O3S/c1-5-24-21(25-15-16-10-12-17(13-11-16)30(27,28)23-4)26-19-14-22(2,3)29-20-9-7-6-8-18(19)20/h6-13,19,23H,5,14-15H2,1-4H3,(H2,24,25,26). The largest absolute Gasteiger partial charge is 0.487 e. The van der Waals surface area contributed by atoms with Crippen LogP contribution in [0.2, 0.25) is 0 Å². The minimum absolute atomic E-state index is 0.0749. The molecule has 0 amide bonds. The van der Waals surface area contributed by atoms with Crippen molar-refractivity contribution in [1.82, 2.24) is 15.4 Å². The van der Waals surface area contributed by atoms with Crippen LogP contribution in [-0.4, -0.2) is 33.6 Å². The van der Waals surface area contributed by atoms with Crippen molar-refractivity contribution in [1.29, 1.82) is 0 Å². The molecule has 0 spiro atoms. The van der Waals surface area contributed by atoms with E-state index in [1.807, 2.05) is 25.1 Å². The molecule has 0 aromatic heterocycles. The molecule has 1 atom stereocenters. The third kappa shape index (κ3) is 5.31. The number of guanidine groups is 1. The summed E-state index contributed by atoms with van der Waals surface area (Å²) in [7, 11) is -2.04. The molecule has 0 aliphatic carbocycles. The van der Waals surface area contributed by atoms with Crippen molar-refractivity contribution < 1.29 is 13.2 Å². The molecule has 1 unspecified atom stereocenters. The second-order valence-electron chi connectivity index (χ2n) is 7.85. The maximum atomic E-state index is 11.9. The second-order valence-corrected chi connectivity index (χ2v) is 9.73. The van der Waals surface area contributed by atoms with Gasteiger partial charge in [0.15, 0.2) is 5.96 Å². The van der Waals surface area contributed by atoms with E-state index in [4.69, 9.17) is 9.73 Å². The van der Waals surface area contributed by atoms with Gasteiger partial charge in [0.1, 0.15) is 11.4 Å². The van der Waals surface area contributed by atoms with Gasteiger partial charge < -0.3 is 15.4 Å². The fraction of sp³-hybridized carbons (Fsp3) is 0.409. The number of nitrogens with zero attached hydrogens (tertiary/aromatic N) is 1. The van der Waals surface area contributed by atoms with Crippen LogP contribution in [0.3, 0.4) is 0 Å². The van der Waals surface area contributed by atoms with Gasteiger partial charge in [-0.3, -0.25) is 0 Å². The maximum Gasteiger partial charge on any atom is 0.240 e. The maximum absolute atomic E-state index is 11.9. The lowest BCUT2D eigenvalue weighted by molar-refractivity contribution is 0.0694. The third-order valence-corrected chi connectivity index (χ3v) is 6.38. The Morgan fingerprint density at radius 2 is 1.87 bits per heavy atom. The molecule has 1 aliphatic heterocycles. The summed E-state index contributed by atoms with van der Waals surface area (Å²) in [4.78, 5) is 4.94. The number of rotatable bonds is 6. The monoisotopic (exact) mass is 430 g/mol. The lowest BCUT2D eigenvalue weighted by Gasteiger charge is -2.38. The van der Waals surface area contributed by atoms with Gasteiger partial charge in [-0.05, 0) is 51.6 Å². The number of ether oxygens (including phenoxy) is 1. The number of nitrogens with one attached hydrogen (secondary N) is 3. The summed E-state index contributed by atoms with van der Waals surface area (Å²) in [6.07, 6.45) is 0.811. The van der Waals surface area contributed by atoms with Gasteiger partial charge in [-0.25, -0.2) is 18.1 Å². The summed E-state index contributed by atoms with van der Waals surface area (Å²) in [6.45, 7) is 7.37. The Bertz CT molecular complexity index is 1000. The number of hydrogen-bond donors (Lipinski definition) is 3. The highest BCUT2D eigenvalue weighted by Crippen LogP contribution is 2.39. The van der Waals surface area contributed by atoms with E-state index in [1.54, 1.807) is 24.3 Å². The van der Waals surface area contributed by atoms with Crippen LogP contribution in [0.5, 0.6) is 5.75 Å². The summed E-state index contributed by atoms with van der Waals surface area (Å²) < 4.78 is 32.2. The lowest BCUT2D eigenvalue weighted by atomic mass is 9.90. The highest BCUT2D eigenvalue weighted by molar-refractivity contribution is 7.89. The molecule has 1 heterocycles.